The smallest absolute Gasteiger partial charge is 0.410 e. The highest BCUT2D eigenvalue weighted by molar-refractivity contribution is 14.1. The maximum Gasteiger partial charge on any atom is 0.410 e. The van der Waals surface area contributed by atoms with Gasteiger partial charge in [-0.3, -0.25) is 0 Å². The van der Waals surface area contributed by atoms with Crippen LogP contribution in [0.3, 0.4) is 0 Å². The normalized spacial score (nSPS) is 19.4. The lowest BCUT2D eigenvalue weighted by atomic mass is 9.96. The number of amides is 1. The van der Waals surface area contributed by atoms with Crippen molar-refractivity contribution >= 4 is 28.7 Å². The summed E-state index contributed by atoms with van der Waals surface area (Å²) in [6, 6.07) is 8.77. The summed E-state index contributed by atoms with van der Waals surface area (Å²) in [5.41, 5.74) is 0.864. The third-order valence-electron chi connectivity index (χ3n) is 3.62. The van der Waals surface area contributed by atoms with Gasteiger partial charge in [0.05, 0.1) is 0 Å². The lowest BCUT2D eigenvalue weighted by Gasteiger charge is -2.37. The Morgan fingerprint density at radius 1 is 1.38 bits per heavy atom. The van der Waals surface area contributed by atoms with Crippen molar-refractivity contribution in [3.8, 4) is 0 Å². The monoisotopic (exact) mass is 401 g/mol. The molecular formula is C17H24INO2. The summed E-state index contributed by atoms with van der Waals surface area (Å²) in [6.45, 7) is 6.57. The Kier molecular flexibility index (Phi) is 5.52. The summed E-state index contributed by atoms with van der Waals surface area (Å²) in [6.07, 6.45) is 4.06. The van der Waals surface area contributed by atoms with E-state index < -0.39 is 5.60 Å². The molecule has 1 aliphatic heterocycles. The minimum absolute atomic E-state index is 0.169. The molecule has 4 heteroatoms. The van der Waals surface area contributed by atoms with Crippen LogP contribution in [0.1, 0.15) is 45.6 Å². The molecule has 1 amide bonds. The van der Waals surface area contributed by atoms with Gasteiger partial charge in [-0.15, -0.1) is 0 Å². The van der Waals surface area contributed by atoms with Crippen LogP contribution in [0.2, 0.25) is 0 Å². The Bertz CT molecular complexity index is 496. The van der Waals surface area contributed by atoms with E-state index in [1.807, 2.05) is 25.7 Å². The molecule has 0 aliphatic carbocycles. The number of benzene rings is 1. The third kappa shape index (κ3) is 5.16. The van der Waals surface area contributed by atoms with E-state index in [1.54, 1.807) is 0 Å². The Balaban J connectivity index is 2.06. The zero-order valence-electron chi connectivity index (χ0n) is 13.1. The maximum absolute atomic E-state index is 12.4. The van der Waals surface area contributed by atoms with Gasteiger partial charge in [0.25, 0.3) is 0 Å². The quantitative estimate of drug-likeness (QED) is 0.677. The third-order valence-corrected chi connectivity index (χ3v) is 4.29. The number of halogens is 1. The molecule has 0 spiro atoms. The van der Waals surface area contributed by atoms with E-state index in [2.05, 4.69) is 46.9 Å². The molecule has 1 aromatic carbocycles. The van der Waals surface area contributed by atoms with E-state index >= 15 is 0 Å². The van der Waals surface area contributed by atoms with Gasteiger partial charge in [-0.2, -0.15) is 0 Å². The van der Waals surface area contributed by atoms with Crippen LogP contribution in [0.15, 0.2) is 24.3 Å². The lowest BCUT2D eigenvalue weighted by molar-refractivity contribution is 0.00995. The predicted octanol–water partition coefficient (Wildman–Crippen LogP) is 4.62. The fourth-order valence-corrected chi connectivity index (χ4v) is 3.32. The first kappa shape index (κ1) is 16.6. The highest BCUT2D eigenvalue weighted by atomic mass is 127. The number of carbonyl (C=O) groups excluding carboxylic acids is 1. The summed E-state index contributed by atoms with van der Waals surface area (Å²) in [4.78, 5) is 14.3. The Labute approximate surface area is 141 Å². The topological polar surface area (TPSA) is 29.5 Å². The van der Waals surface area contributed by atoms with Crippen LogP contribution in [0, 0.1) is 3.57 Å². The van der Waals surface area contributed by atoms with Gasteiger partial charge in [0, 0.05) is 16.2 Å². The Morgan fingerprint density at radius 3 is 2.81 bits per heavy atom. The standard InChI is InChI=1S/C17H24INO2/c1-17(2,3)21-16(20)19-10-5-4-9-15(19)12-13-7-6-8-14(18)11-13/h6-8,11,15H,4-5,9-10,12H2,1-3H3. The van der Waals surface area contributed by atoms with Gasteiger partial charge in [-0.1, -0.05) is 12.1 Å². The van der Waals surface area contributed by atoms with Crippen LogP contribution in [0.25, 0.3) is 0 Å². The minimum atomic E-state index is -0.429. The van der Waals surface area contributed by atoms with E-state index in [-0.39, 0.29) is 12.1 Å². The van der Waals surface area contributed by atoms with E-state index in [9.17, 15) is 4.79 Å². The van der Waals surface area contributed by atoms with Gasteiger partial charge in [-0.25, -0.2) is 4.79 Å². The zero-order valence-corrected chi connectivity index (χ0v) is 15.2. The van der Waals surface area contributed by atoms with Gasteiger partial charge in [-0.05, 0) is 86.7 Å². The van der Waals surface area contributed by atoms with Crippen molar-refractivity contribution in [2.75, 3.05) is 6.54 Å². The van der Waals surface area contributed by atoms with E-state index in [0.29, 0.717) is 0 Å². The van der Waals surface area contributed by atoms with E-state index in [4.69, 9.17) is 4.74 Å². The Morgan fingerprint density at radius 2 is 2.14 bits per heavy atom. The highest BCUT2D eigenvalue weighted by Crippen LogP contribution is 2.23. The van der Waals surface area contributed by atoms with Crippen LogP contribution in [-0.4, -0.2) is 29.2 Å². The summed E-state index contributed by atoms with van der Waals surface area (Å²) in [7, 11) is 0. The van der Waals surface area contributed by atoms with E-state index in [1.165, 1.54) is 15.6 Å². The molecule has 116 valence electrons. The van der Waals surface area contributed by atoms with Crippen molar-refractivity contribution in [3.05, 3.63) is 33.4 Å². The molecule has 1 aromatic rings. The van der Waals surface area contributed by atoms with Crippen molar-refractivity contribution in [1.29, 1.82) is 0 Å². The van der Waals surface area contributed by atoms with Gasteiger partial charge in [0.1, 0.15) is 5.60 Å². The molecule has 21 heavy (non-hydrogen) atoms. The molecule has 0 N–H and O–H groups in total. The Hall–Kier alpha value is -0.780. The molecule has 3 nitrogen and oxygen atoms in total. The van der Waals surface area contributed by atoms with Crippen LogP contribution in [0.5, 0.6) is 0 Å². The average molecular weight is 401 g/mol. The largest absolute Gasteiger partial charge is 0.444 e. The van der Waals surface area contributed by atoms with E-state index in [0.717, 1.165) is 25.8 Å². The summed E-state index contributed by atoms with van der Waals surface area (Å²) >= 11 is 2.33. The first-order valence-corrected chi connectivity index (χ1v) is 8.67. The van der Waals surface area contributed by atoms with Gasteiger partial charge >= 0.3 is 6.09 Å². The van der Waals surface area contributed by atoms with Crippen LogP contribution in [0.4, 0.5) is 4.79 Å². The van der Waals surface area contributed by atoms with Crippen molar-refractivity contribution in [2.24, 2.45) is 0 Å². The second kappa shape index (κ2) is 6.99. The van der Waals surface area contributed by atoms with Crippen LogP contribution >= 0.6 is 22.6 Å². The molecule has 0 bridgehead atoms. The van der Waals surface area contributed by atoms with Crippen molar-refractivity contribution in [3.63, 3.8) is 0 Å². The predicted molar refractivity (Wildman–Crippen MR) is 93.4 cm³/mol. The van der Waals surface area contributed by atoms with Crippen molar-refractivity contribution in [1.82, 2.24) is 4.90 Å². The number of rotatable bonds is 2. The number of likely N-dealkylation sites (tertiary alicyclic amines) is 1. The molecule has 0 saturated carbocycles. The first-order valence-electron chi connectivity index (χ1n) is 7.59. The lowest BCUT2D eigenvalue weighted by Crippen LogP contribution is -2.47. The summed E-state index contributed by atoms with van der Waals surface area (Å²) in [5, 5.41) is 0. The average Bonchev–Trinajstić information content (AvgIpc) is 2.37. The second-order valence-electron chi connectivity index (χ2n) is 6.66. The number of piperidine rings is 1. The molecule has 1 atom stereocenters. The second-order valence-corrected chi connectivity index (χ2v) is 7.90. The van der Waals surface area contributed by atoms with Gasteiger partial charge in [0.15, 0.2) is 0 Å². The summed E-state index contributed by atoms with van der Waals surface area (Å²) < 4.78 is 6.79. The molecule has 0 aromatic heterocycles. The number of ether oxygens (including phenoxy) is 1. The summed E-state index contributed by atoms with van der Waals surface area (Å²) in [5.74, 6) is 0. The fourth-order valence-electron chi connectivity index (χ4n) is 2.71. The first-order chi connectivity index (χ1) is 9.85. The minimum Gasteiger partial charge on any atom is -0.444 e. The van der Waals surface area contributed by atoms with Crippen LogP contribution in [-0.2, 0) is 11.2 Å². The number of carbonyl (C=O) groups is 1. The molecule has 1 saturated heterocycles. The SMILES string of the molecule is CC(C)(C)OC(=O)N1CCCCC1Cc1cccc(I)c1. The molecule has 2 rings (SSSR count). The highest BCUT2D eigenvalue weighted by Gasteiger charge is 2.30. The van der Waals surface area contributed by atoms with Crippen LogP contribution < -0.4 is 0 Å². The molecule has 1 heterocycles. The molecule has 1 fully saturated rings. The number of nitrogens with zero attached hydrogens (tertiary/aromatic N) is 1. The fraction of sp³-hybridized carbons (Fsp3) is 0.588. The van der Waals surface area contributed by atoms with Gasteiger partial charge < -0.3 is 9.64 Å². The number of hydrogen-bond acceptors (Lipinski definition) is 2. The zero-order chi connectivity index (χ0) is 15.5. The molecule has 0 radical (unpaired) electrons. The van der Waals surface area contributed by atoms with Gasteiger partial charge in [0.2, 0.25) is 0 Å². The maximum atomic E-state index is 12.4. The molecule has 1 unspecified atom stereocenters. The number of hydrogen-bond donors (Lipinski definition) is 0. The molecular weight excluding hydrogens is 377 g/mol. The van der Waals surface area contributed by atoms with Crippen molar-refractivity contribution in [2.45, 2.75) is 58.1 Å². The van der Waals surface area contributed by atoms with Crippen molar-refractivity contribution < 1.29 is 9.53 Å². The molecule has 1 aliphatic rings.